The van der Waals surface area contributed by atoms with E-state index in [0.29, 0.717) is 22.6 Å². The Morgan fingerprint density at radius 2 is 1.28 bits per heavy atom. The quantitative estimate of drug-likeness (QED) is 0.174. The minimum Gasteiger partial charge on any atom is -0.453 e. The molecule has 0 saturated heterocycles. The molecule has 7 nitrogen and oxygen atoms in total. The molecule has 12 rings (SSSR count). The zero-order valence-corrected chi connectivity index (χ0v) is 30.8. The van der Waals surface area contributed by atoms with E-state index in [2.05, 4.69) is 113 Å². The van der Waals surface area contributed by atoms with Gasteiger partial charge in [0.05, 0.1) is 80.0 Å². The molecule has 1 spiro atoms. The van der Waals surface area contributed by atoms with Gasteiger partial charge in [0.15, 0.2) is 11.5 Å². The molecular weight excluding hydrogens is 721 g/mol. The Morgan fingerprint density at radius 3 is 2.21 bits per heavy atom. The molecule has 5 heterocycles. The third-order valence-corrected chi connectivity index (χ3v) is 12.7. The average Bonchev–Trinajstić information content (AvgIpc) is 3.75. The number of pyridine rings is 2. The highest BCUT2D eigenvalue weighted by molar-refractivity contribution is 7.99. The van der Waals surface area contributed by atoms with Gasteiger partial charge in [-0.25, -0.2) is 0 Å². The van der Waals surface area contributed by atoms with Crippen molar-refractivity contribution in [2.75, 3.05) is 4.90 Å². The molecule has 0 saturated carbocycles. The largest absolute Gasteiger partial charge is 0.453 e. The van der Waals surface area contributed by atoms with Crippen LogP contribution >= 0.6 is 11.8 Å². The third-order valence-electron chi connectivity index (χ3n) is 11.6. The molecule has 6 aromatic carbocycles. The molecule has 1 unspecified atom stereocenters. The molecule has 3 aliphatic rings. The van der Waals surface area contributed by atoms with Gasteiger partial charge in [-0.2, -0.15) is 10.5 Å². The molecule has 3 aromatic heterocycles. The predicted octanol–water partition coefficient (Wildman–Crippen LogP) is 11.7. The van der Waals surface area contributed by atoms with Crippen LogP contribution in [0.5, 0.6) is 11.5 Å². The second-order valence-corrected chi connectivity index (χ2v) is 15.5. The van der Waals surface area contributed by atoms with Crippen molar-refractivity contribution < 1.29 is 4.74 Å². The molecule has 0 amide bonds. The van der Waals surface area contributed by atoms with Gasteiger partial charge in [0.1, 0.15) is 0 Å². The van der Waals surface area contributed by atoms with E-state index in [1.165, 1.54) is 4.90 Å². The maximum Gasteiger partial charge on any atom is 0.152 e. The highest BCUT2D eigenvalue weighted by atomic mass is 32.2. The van der Waals surface area contributed by atoms with Crippen molar-refractivity contribution in [3.63, 3.8) is 0 Å². The molecule has 264 valence electrons. The van der Waals surface area contributed by atoms with E-state index < -0.39 is 5.41 Å². The van der Waals surface area contributed by atoms with Crippen LogP contribution in [0.15, 0.2) is 168 Å². The van der Waals surface area contributed by atoms with E-state index in [0.717, 1.165) is 83.1 Å². The van der Waals surface area contributed by atoms with Crippen LogP contribution in [0.4, 0.5) is 17.1 Å². The minimum atomic E-state index is -0.820. The zero-order chi connectivity index (χ0) is 37.8. The first kappa shape index (κ1) is 31.7. The molecule has 0 bridgehead atoms. The van der Waals surface area contributed by atoms with Crippen molar-refractivity contribution >= 4 is 50.6 Å². The first-order valence-corrected chi connectivity index (χ1v) is 19.4. The Morgan fingerprint density at radius 1 is 0.561 bits per heavy atom. The van der Waals surface area contributed by atoms with Crippen LogP contribution in [0.2, 0.25) is 0 Å². The normalized spacial score (nSPS) is 15.4. The standard InChI is InChI=1S/C49H26N6OS/c50-26-29-18-20-38-33(23-29)32-9-1-3-12-37(32)55(38)41-14-7-17-45-46(41)49(34-10-2-6-16-44(34)57-45)35-11-8-22-52-47(35)48-36(49)25-31(28-53-48)54-39-13-4-5-15-42(39)56-43-24-30(27-51)19-21-40(43)54/h1-25,28H. The predicted molar refractivity (Wildman–Crippen MR) is 222 cm³/mol. The summed E-state index contributed by atoms with van der Waals surface area (Å²) in [6, 6.07) is 54.4. The maximum absolute atomic E-state index is 9.92. The number of anilines is 3. The van der Waals surface area contributed by atoms with E-state index >= 15 is 0 Å². The summed E-state index contributed by atoms with van der Waals surface area (Å²) in [6.07, 6.45) is 3.78. The van der Waals surface area contributed by atoms with Crippen molar-refractivity contribution in [2.24, 2.45) is 0 Å². The van der Waals surface area contributed by atoms with Gasteiger partial charge in [-0.15, -0.1) is 0 Å². The fourth-order valence-corrected chi connectivity index (χ4v) is 10.6. The number of nitriles is 2. The molecule has 2 aliphatic heterocycles. The molecule has 1 atom stereocenters. The zero-order valence-electron chi connectivity index (χ0n) is 30.0. The number of para-hydroxylation sites is 3. The lowest BCUT2D eigenvalue weighted by molar-refractivity contribution is 0.477. The van der Waals surface area contributed by atoms with E-state index in [1.54, 1.807) is 17.8 Å². The summed E-state index contributed by atoms with van der Waals surface area (Å²) >= 11 is 1.79. The summed E-state index contributed by atoms with van der Waals surface area (Å²) in [5.74, 6) is 1.30. The lowest BCUT2D eigenvalue weighted by Gasteiger charge is -2.41. The molecule has 0 fully saturated rings. The lowest BCUT2D eigenvalue weighted by Crippen LogP contribution is -2.33. The SMILES string of the molecule is N#Cc1ccc2c(c1)Oc1ccccc1N2c1cnc2c(c1)C1(c3ccccc3Sc3cccc(-n4c5ccccc5c5cc(C#N)ccc54)c31)c1cccnc1-2. The Hall–Kier alpha value is -7.65. The molecule has 57 heavy (non-hydrogen) atoms. The summed E-state index contributed by atoms with van der Waals surface area (Å²) in [5.41, 5.74) is 12.1. The van der Waals surface area contributed by atoms with Gasteiger partial charge in [-0.05, 0) is 90.0 Å². The number of aromatic nitrogens is 3. The van der Waals surface area contributed by atoms with Gasteiger partial charge in [0.2, 0.25) is 0 Å². The van der Waals surface area contributed by atoms with E-state index in [4.69, 9.17) is 14.7 Å². The summed E-state index contributed by atoms with van der Waals surface area (Å²) in [5, 5.41) is 21.8. The topological polar surface area (TPSA) is 90.8 Å². The first-order valence-electron chi connectivity index (χ1n) is 18.6. The number of hydrogen-bond acceptors (Lipinski definition) is 7. The highest BCUT2D eigenvalue weighted by Crippen LogP contribution is 2.64. The van der Waals surface area contributed by atoms with Crippen molar-refractivity contribution in [1.82, 2.24) is 14.5 Å². The van der Waals surface area contributed by atoms with E-state index in [1.807, 2.05) is 60.9 Å². The van der Waals surface area contributed by atoms with Crippen LogP contribution in [0.25, 0.3) is 38.9 Å². The van der Waals surface area contributed by atoms with Crippen LogP contribution in [0.3, 0.4) is 0 Å². The Kier molecular flexibility index (Phi) is 6.49. The Balaban J connectivity index is 1.20. The van der Waals surface area contributed by atoms with Gasteiger partial charge in [-0.1, -0.05) is 72.4 Å². The van der Waals surface area contributed by atoms with Crippen LogP contribution in [0, 0.1) is 22.7 Å². The van der Waals surface area contributed by atoms with Gasteiger partial charge in [0, 0.05) is 44.0 Å². The van der Waals surface area contributed by atoms with Crippen molar-refractivity contribution in [1.29, 1.82) is 10.5 Å². The van der Waals surface area contributed by atoms with Gasteiger partial charge in [0.25, 0.3) is 0 Å². The molecule has 8 heteroatoms. The molecule has 1 aliphatic carbocycles. The number of benzene rings is 6. The molecule has 9 aromatic rings. The van der Waals surface area contributed by atoms with Crippen LogP contribution < -0.4 is 9.64 Å². The van der Waals surface area contributed by atoms with E-state index in [9.17, 15) is 10.5 Å². The number of ether oxygens (including phenoxy) is 1. The summed E-state index contributed by atoms with van der Waals surface area (Å²) in [6.45, 7) is 0. The van der Waals surface area contributed by atoms with Crippen molar-refractivity contribution in [3.8, 4) is 40.7 Å². The lowest BCUT2D eigenvalue weighted by atomic mass is 9.67. The molecule has 0 radical (unpaired) electrons. The van der Waals surface area contributed by atoms with Crippen LogP contribution in [0.1, 0.15) is 33.4 Å². The van der Waals surface area contributed by atoms with E-state index in [-0.39, 0.29) is 0 Å². The molecular formula is C49H26N6OS. The fourth-order valence-electron chi connectivity index (χ4n) is 9.34. The monoisotopic (exact) mass is 746 g/mol. The number of hydrogen-bond donors (Lipinski definition) is 0. The number of nitrogens with zero attached hydrogens (tertiary/aromatic N) is 6. The first-order chi connectivity index (χ1) is 28.2. The fraction of sp³-hybridized carbons (Fsp3) is 0.0204. The van der Waals surface area contributed by atoms with Crippen LogP contribution in [-0.2, 0) is 5.41 Å². The molecule has 0 N–H and O–H groups in total. The van der Waals surface area contributed by atoms with Crippen molar-refractivity contribution in [2.45, 2.75) is 15.2 Å². The summed E-state index contributed by atoms with van der Waals surface area (Å²) in [7, 11) is 0. The second-order valence-electron chi connectivity index (χ2n) is 14.4. The van der Waals surface area contributed by atoms with Gasteiger partial charge < -0.3 is 14.2 Å². The maximum atomic E-state index is 9.92. The summed E-state index contributed by atoms with van der Waals surface area (Å²) in [4.78, 5) is 14.9. The smallest absolute Gasteiger partial charge is 0.152 e. The second kappa shape index (κ2) is 11.7. The highest BCUT2D eigenvalue weighted by Gasteiger charge is 2.53. The Bertz CT molecular complexity index is 3320. The van der Waals surface area contributed by atoms with Crippen LogP contribution in [-0.4, -0.2) is 14.5 Å². The number of rotatable bonds is 2. The average molecular weight is 747 g/mol. The third kappa shape index (κ3) is 4.20. The van der Waals surface area contributed by atoms with Gasteiger partial charge in [-0.3, -0.25) is 9.97 Å². The minimum absolute atomic E-state index is 0.523. The summed E-state index contributed by atoms with van der Waals surface area (Å²) < 4.78 is 8.78. The van der Waals surface area contributed by atoms with Crippen molar-refractivity contribution in [3.05, 3.63) is 191 Å². The number of fused-ring (bicyclic) bond motifs is 14. The Labute approximate surface area is 331 Å². The van der Waals surface area contributed by atoms with Gasteiger partial charge >= 0.3 is 0 Å².